The Morgan fingerprint density at radius 3 is 3.00 bits per heavy atom. The predicted molar refractivity (Wildman–Crippen MR) is 68.5 cm³/mol. The first-order valence-electron chi connectivity index (χ1n) is 6.30. The van der Waals surface area contributed by atoms with Gasteiger partial charge in [-0.1, -0.05) is 23.8 Å². The quantitative estimate of drug-likeness (QED) is 0.754. The summed E-state index contributed by atoms with van der Waals surface area (Å²) in [5.74, 6) is -0.816. The van der Waals surface area contributed by atoms with E-state index >= 15 is 0 Å². The maximum atomic E-state index is 10.5. The normalized spacial score (nSPS) is 22.6. The molecule has 0 aliphatic heterocycles. The minimum Gasteiger partial charge on any atom is -0.481 e. The van der Waals surface area contributed by atoms with Crippen LogP contribution in [0.5, 0.6) is 0 Å². The van der Waals surface area contributed by atoms with Crippen LogP contribution >= 0.6 is 0 Å². The number of hydrogen-bond donors (Lipinski definition) is 3. The topological polar surface area (TPSA) is 69.6 Å². The first kappa shape index (κ1) is 13.1. The van der Waals surface area contributed by atoms with E-state index in [2.05, 4.69) is 11.4 Å². The SMILES string of the molecule is Cc1ccc2c(c1)CCC(NCCC(=O)O)C2O. The Morgan fingerprint density at radius 2 is 2.28 bits per heavy atom. The Bertz CT molecular complexity index is 445. The summed E-state index contributed by atoms with van der Waals surface area (Å²) in [5.41, 5.74) is 3.39. The van der Waals surface area contributed by atoms with Crippen LogP contribution in [0.4, 0.5) is 0 Å². The molecule has 4 nitrogen and oxygen atoms in total. The predicted octanol–water partition coefficient (Wildman–Crippen LogP) is 1.41. The van der Waals surface area contributed by atoms with Gasteiger partial charge in [0.05, 0.1) is 12.5 Å². The second-order valence-electron chi connectivity index (χ2n) is 4.89. The molecule has 0 spiro atoms. The second kappa shape index (κ2) is 5.50. The molecule has 0 saturated heterocycles. The Kier molecular flexibility index (Phi) is 3.99. The summed E-state index contributed by atoms with van der Waals surface area (Å²) in [5, 5.41) is 22.0. The summed E-state index contributed by atoms with van der Waals surface area (Å²) >= 11 is 0. The fraction of sp³-hybridized carbons (Fsp3) is 0.500. The number of benzene rings is 1. The molecule has 1 aliphatic carbocycles. The van der Waals surface area contributed by atoms with Gasteiger partial charge in [-0.05, 0) is 30.9 Å². The van der Waals surface area contributed by atoms with Gasteiger partial charge in [0.15, 0.2) is 0 Å². The third-order valence-corrected chi connectivity index (χ3v) is 3.47. The lowest BCUT2D eigenvalue weighted by molar-refractivity contribution is -0.136. The number of rotatable bonds is 4. The summed E-state index contributed by atoms with van der Waals surface area (Å²) in [6.07, 6.45) is 1.32. The highest BCUT2D eigenvalue weighted by Gasteiger charge is 2.27. The molecule has 2 rings (SSSR count). The molecule has 4 heteroatoms. The lowest BCUT2D eigenvalue weighted by Crippen LogP contribution is -2.39. The van der Waals surface area contributed by atoms with Crippen LogP contribution in [0.15, 0.2) is 18.2 Å². The van der Waals surface area contributed by atoms with Gasteiger partial charge < -0.3 is 15.5 Å². The molecule has 0 saturated carbocycles. The van der Waals surface area contributed by atoms with Gasteiger partial charge in [0, 0.05) is 12.6 Å². The van der Waals surface area contributed by atoms with Crippen molar-refractivity contribution in [2.75, 3.05) is 6.54 Å². The number of aliphatic hydroxyl groups is 1. The zero-order chi connectivity index (χ0) is 13.1. The summed E-state index contributed by atoms with van der Waals surface area (Å²) in [6, 6.07) is 6.05. The number of hydrogen-bond acceptors (Lipinski definition) is 3. The molecule has 0 fully saturated rings. The van der Waals surface area contributed by atoms with E-state index in [-0.39, 0.29) is 12.5 Å². The smallest absolute Gasteiger partial charge is 0.304 e. The van der Waals surface area contributed by atoms with Crippen molar-refractivity contribution >= 4 is 5.97 Å². The average Bonchev–Trinajstić information content (AvgIpc) is 2.31. The summed E-state index contributed by atoms with van der Waals surface area (Å²) in [4.78, 5) is 10.5. The van der Waals surface area contributed by atoms with Crippen LogP contribution < -0.4 is 5.32 Å². The van der Waals surface area contributed by atoms with E-state index in [4.69, 9.17) is 5.11 Å². The van der Waals surface area contributed by atoms with Crippen molar-refractivity contribution in [1.82, 2.24) is 5.32 Å². The molecule has 0 heterocycles. The van der Waals surface area contributed by atoms with Crippen molar-refractivity contribution in [1.29, 1.82) is 0 Å². The standard InChI is InChI=1S/C14H19NO3/c1-9-2-4-11-10(8-9)3-5-12(14(11)18)15-7-6-13(16)17/h2,4,8,12,14-15,18H,3,5-7H2,1H3,(H,16,17). The highest BCUT2D eigenvalue weighted by Crippen LogP contribution is 2.30. The monoisotopic (exact) mass is 249 g/mol. The molecule has 1 aliphatic rings. The number of nitrogens with one attached hydrogen (secondary N) is 1. The van der Waals surface area contributed by atoms with Crippen LogP contribution in [0.1, 0.15) is 35.6 Å². The van der Waals surface area contributed by atoms with E-state index in [0.717, 1.165) is 18.4 Å². The Balaban J connectivity index is 2.01. The van der Waals surface area contributed by atoms with Gasteiger partial charge in [-0.3, -0.25) is 4.79 Å². The number of carboxylic acids is 1. The summed E-state index contributed by atoms with van der Waals surface area (Å²) in [6.45, 7) is 2.45. The third kappa shape index (κ3) is 2.89. The maximum Gasteiger partial charge on any atom is 0.304 e. The lowest BCUT2D eigenvalue weighted by atomic mass is 9.85. The van der Waals surface area contributed by atoms with Crippen LogP contribution in [0.2, 0.25) is 0 Å². The van der Waals surface area contributed by atoms with E-state index < -0.39 is 12.1 Å². The molecule has 98 valence electrons. The molecule has 0 amide bonds. The first-order valence-corrected chi connectivity index (χ1v) is 6.30. The molecule has 2 atom stereocenters. The van der Waals surface area contributed by atoms with Crippen molar-refractivity contribution in [2.24, 2.45) is 0 Å². The van der Waals surface area contributed by atoms with Crippen molar-refractivity contribution < 1.29 is 15.0 Å². The van der Waals surface area contributed by atoms with Gasteiger partial charge in [-0.15, -0.1) is 0 Å². The molecular weight excluding hydrogens is 230 g/mol. The first-order chi connectivity index (χ1) is 8.58. The fourth-order valence-corrected chi connectivity index (χ4v) is 2.50. The van der Waals surface area contributed by atoms with Gasteiger partial charge in [0.2, 0.25) is 0 Å². The molecule has 3 N–H and O–H groups in total. The van der Waals surface area contributed by atoms with E-state index in [1.807, 2.05) is 19.1 Å². The molecule has 0 bridgehead atoms. The molecule has 1 aromatic carbocycles. The van der Waals surface area contributed by atoms with Crippen molar-refractivity contribution in [3.05, 3.63) is 34.9 Å². The van der Waals surface area contributed by atoms with Crippen LogP contribution in [0, 0.1) is 6.92 Å². The third-order valence-electron chi connectivity index (χ3n) is 3.47. The van der Waals surface area contributed by atoms with Gasteiger partial charge in [0.1, 0.15) is 0 Å². The van der Waals surface area contributed by atoms with Crippen LogP contribution in [0.25, 0.3) is 0 Å². The van der Waals surface area contributed by atoms with Crippen LogP contribution in [-0.2, 0) is 11.2 Å². The molecule has 18 heavy (non-hydrogen) atoms. The average molecular weight is 249 g/mol. The number of carbonyl (C=O) groups is 1. The van der Waals surface area contributed by atoms with Gasteiger partial charge in [-0.25, -0.2) is 0 Å². The lowest BCUT2D eigenvalue weighted by Gasteiger charge is -2.31. The molecule has 1 aromatic rings. The van der Waals surface area contributed by atoms with Crippen molar-refractivity contribution in [2.45, 2.75) is 38.3 Å². The van der Waals surface area contributed by atoms with Gasteiger partial charge in [0.25, 0.3) is 0 Å². The van der Waals surface area contributed by atoms with Gasteiger partial charge in [-0.2, -0.15) is 0 Å². The molecule has 2 unspecified atom stereocenters. The minimum atomic E-state index is -0.816. The van der Waals surface area contributed by atoms with Crippen molar-refractivity contribution in [3.63, 3.8) is 0 Å². The Morgan fingerprint density at radius 1 is 1.50 bits per heavy atom. The minimum absolute atomic E-state index is 0.0421. The summed E-state index contributed by atoms with van der Waals surface area (Å²) in [7, 11) is 0. The number of aliphatic hydroxyl groups excluding tert-OH is 1. The fourth-order valence-electron chi connectivity index (χ4n) is 2.50. The van der Waals surface area contributed by atoms with Gasteiger partial charge >= 0.3 is 5.97 Å². The number of aryl methyl sites for hydroxylation is 2. The highest BCUT2D eigenvalue weighted by atomic mass is 16.4. The number of carboxylic acid groups (broad SMARTS) is 1. The number of fused-ring (bicyclic) bond motifs is 1. The highest BCUT2D eigenvalue weighted by molar-refractivity contribution is 5.66. The maximum absolute atomic E-state index is 10.5. The molecule has 0 radical (unpaired) electrons. The summed E-state index contributed by atoms with van der Waals surface area (Å²) < 4.78 is 0. The Hall–Kier alpha value is -1.39. The van der Waals surface area contributed by atoms with E-state index in [1.54, 1.807) is 0 Å². The Labute approximate surface area is 107 Å². The zero-order valence-electron chi connectivity index (χ0n) is 10.5. The van der Waals surface area contributed by atoms with E-state index in [9.17, 15) is 9.90 Å². The molecule has 0 aromatic heterocycles. The zero-order valence-corrected chi connectivity index (χ0v) is 10.5. The van der Waals surface area contributed by atoms with E-state index in [1.165, 1.54) is 11.1 Å². The van der Waals surface area contributed by atoms with Crippen LogP contribution in [0.3, 0.4) is 0 Å². The molecular formula is C14H19NO3. The second-order valence-corrected chi connectivity index (χ2v) is 4.89. The number of aliphatic carboxylic acids is 1. The van der Waals surface area contributed by atoms with Crippen LogP contribution in [-0.4, -0.2) is 28.8 Å². The van der Waals surface area contributed by atoms with Crippen molar-refractivity contribution in [3.8, 4) is 0 Å². The largest absolute Gasteiger partial charge is 0.481 e. The van der Waals surface area contributed by atoms with E-state index in [0.29, 0.717) is 6.54 Å².